The van der Waals surface area contributed by atoms with E-state index in [0.717, 1.165) is 32.3 Å². The lowest BCUT2D eigenvalue weighted by Gasteiger charge is -2.25. The van der Waals surface area contributed by atoms with Crippen LogP contribution in [-0.2, 0) is 9.53 Å². The molecule has 4 unspecified atom stereocenters. The number of carbonyl (C=O) groups excluding carboxylic acids is 1. The summed E-state index contributed by atoms with van der Waals surface area (Å²) in [6, 6.07) is -0.860. The molecule has 2 aliphatic heterocycles. The molecule has 1 aliphatic carbocycles. The average Bonchev–Trinajstić information content (AvgIpc) is 3.10. The lowest BCUT2D eigenvalue weighted by molar-refractivity contribution is -0.142. The van der Waals surface area contributed by atoms with Crippen molar-refractivity contribution in [2.24, 2.45) is 17.8 Å². The van der Waals surface area contributed by atoms with E-state index in [1.165, 1.54) is 4.90 Å². The van der Waals surface area contributed by atoms with Crippen LogP contribution >= 0.6 is 0 Å². The van der Waals surface area contributed by atoms with Crippen molar-refractivity contribution in [1.29, 1.82) is 0 Å². The summed E-state index contributed by atoms with van der Waals surface area (Å²) in [4.78, 5) is 25.3. The monoisotopic (exact) mass is 282 g/mol. The van der Waals surface area contributed by atoms with E-state index in [2.05, 4.69) is 5.32 Å². The predicted molar refractivity (Wildman–Crippen MR) is 71.3 cm³/mol. The van der Waals surface area contributed by atoms with E-state index in [9.17, 15) is 14.7 Å². The van der Waals surface area contributed by atoms with Crippen LogP contribution in [0.3, 0.4) is 0 Å². The minimum atomic E-state index is -0.862. The molecule has 1 saturated carbocycles. The van der Waals surface area contributed by atoms with Crippen molar-refractivity contribution in [3.63, 3.8) is 0 Å². The number of nitrogens with one attached hydrogen (secondary N) is 1. The summed E-state index contributed by atoms with van der Waals surface area (Å²) >= 11 is 0. The van der Waals surface area contributed by atoms with E-state index >= 15 is 0 Å². The van der Waals surface area contributed by atoms with Crippen LogP contribution in [0.1, 0.15) is 25.7 Å². The Labute approximate surface area is 118 Å². The summed E-state index contributed by atoms with van der Waals surface area (Å²) in [6.07, 6.45) is 4.04. The number of carbonyl (C=O) groups is 2. The van der Waals surface area contributed by atoms with Gasteiger partial charge in [0.05, 0.1) is 6.61 Å². The molecule has 2 N–H and O–H groups in total. The molecule has 2 heterocycles. The molecular formula is C14H22N2O4. The quantitative estimate of drug-likeness (QED) is 0.806. The van der Waals surface area contributed by atoms with E-state index in [4.69, 9.17) is 4.74 Å². The van der Waals surface area contributed by atoms with Crippen molar-refractivity contribution < 1.29 is 19.4 Å². The van der Waals surface area contributed by atoms with Gasteiger partial charge in [-0.05, 0) is 31.1 Å². The van der Waals surface area contributed by atoms with Gasteiger partial charge in [0.1, 0.15) is 6.04 Å². The molecule has 2 saturated heterocycles. The fourth-order valence-electron chi connectivity index (χ4n) is 3.91. The van der Waals surface area contributed by atoms with Gasteiger partial charge < -0.3 is 20.1 Å². The molecule has 0 aromatic carbocycles. The van der Waals surface area contributed by atoms with E-state index in [1.807, 2.05) is 0 Å². The van der Waals surface area contributed by atoms with Gasteiger partial charge >= 0.3 is 12.0 Å². The van der Waals surface area contributed by atoms with Crippen LogP contribution in [-0.4, -0.2) is 54.4 Å². The highest BCUT2D eigenvalue weighted by molar-refractivity contribution is 5.83. The van der Waals surface area contributed by atoms with Gasteiger partial charge in [-0.2, -0.15) is 0 Å². The van der Waals surface area contributed by atoms with Gasteiger partial charge in [-0.25, -0.2) is 9.59 Å². The Hall–Kier alpha value is -1.30. The van der Waals surface area contributed by atoms with Crippen molar-refractivity contribution in [1.82, 2.24) is 10.2 Å². The maximum atomic E-state index is 12.3. The molecule has 4 atom stereocenters. The second-order valence-corrected chi connectivity index (χ2v) is 6.21. The first-order valence-corrected chi connectivity index (χ1v) is 7.52. The van der Waals surface area contributed by atoms with E-state index < -0.39 is 12.0 Å². The fourth-order valence-corrected chi connectivity index (χ4v) is 3.91. The molecule has 0 radical (unpaired) electrons. The third kappa shape index (κ3) is 2.49. The smallest absolute Gasteiger partial charge is 0.326 e. The molecule has 0 bridgehead atoms. The number of carboxylic acids is 1. The highest BCUT2D eigenvalue weighted by Crippen LogP contribution is 2.42. The van der Waals surface area contributed by atoms with Crippen molar-refractivity contribution in [3.05, 3.63) is 0 Å². The molecule has 3 fully saturated rings. The predicted octanol–water partition coefficient (Wildman–Crippen LogP) is 0.918. The van der Waals surface area contributed by atoms with Gasteiger partial charge in [0.15, 0.2) is 0 Å². The Morgan fingerprint density at radius 2 is 2.15 bits per heavy atom. The van der Waals surface area contributed by atoms with Crippen LogP contribution in [0.4, 0.5) is 4.79 Å². The molecule has 6 nitrogen and oxygen atoms in total. The van der Waals surface area contributed by atoms with E-state index in [0.29, 0.717) is 31.5 Å². The van der Waals surface area contributed by atoms with Crippen LogP contribution in [0, 0.1) is 17.8 Å². The fraction of sp³-hybridized carbons (Fsp3) is 0.857. The van der Waals surface area contributed by atoms with Gasteiger partial charge in [0.2, 0.25) is 0 Å². The third-order valence-corrected chi connectivity index (χ3v) is 4.97. The second-order valence-electron chi connectivity index (χ2n) is 6.21. The molecule has 20 heavy (non-hydrogen) atoms. The second kappa shape index (κ2) is 5.60. The van der Waals surface area contributed by atoms with E-state index in [1.54, 1.807) is 0 Å². The van der Waals surface area contributed by atoms with Gasteiger partial charge in [-0.15, -0.1) is 0 Å². The first kappa shape index (κ1) is 13.7. The van der Waals surface area contributed by atoms with Crippen LogP contribution in [0.15, 0.2) is 0 Å². The summed E-state index contributed by atoms with van der Waals surface area (Å²) in [5.41, 5.74) is 0. The lowest BCUT2D eigenvalue weighted by atomic mass is 9.94. The number of rotatable bonds is 3. The molecule has 0 aromatic heterocycles. The van der Waals surface area contributed by atoms with Gasteiger partial charge in [0.25, 0.3) is 0 Å². The van der Waals surface area contributed by atoms with Crippen molar-refractivity contribution in [2.75, 3.05) is 26.3 Å². The first-order valence-electron chi connectivity index (χ1n) is 7.52. The summed E-state index contributed by atoms with van der Waals surface area (Å²) in [7, 11) is 0. The highest BCUT2D eigenvalue weighted by Gasteiger charge is 2.49. The zero-order chi connectivity index (χ0) is 14.1. The number of ether oxygens (including phenoxy) is 1. The molecule has 6 heteroatoms. The zero-order valence-corrected chi connectivity index (χ0v) is 11.6. The number of amides is 2. The molecule has 112 valence electrons. The molecule has 2 amide bonds. The maximum Gasteiger partial charge on any atom is 0.326 e. The number of nitrogens with zero attached hydrogens (tertiary/aromatic N) is 1. The summed E-state index contributed by atoms with van der Waals surface area (Å²) in [5.74, 6) is 0.0211. The number of likely N-dealkylation sites (tertiary alicyclic amines) is 1. The molecular weight excluding hydrogens is 260 g/mol. The van der Waals surface area contributed by atoms with E-state index in [-0.39, 0.29) is 11.9 Å². The normalized spacial score (nSPS) is 36.1. The summed E-state index contributed by atoms with van der Waals surface area (Å²) in [5, 5.41) is 12.3. The van der Waals surface area contributed by atoms with Crippen molar-refractivity contribution in [3.8, 4) is 0 Å². The molecule has 3 aliphatic rings. The Bertz CT molecular complexity index is 395. The van der Waals surface area contributed by atoms with Gasteiger partial charge in [-0.3, -0.25) is 0 Å². The SMILES string of the molecule is O=C(O)C1C2CCCC2CN1C(=O)NCC1CCOC1. The molecule has 3 rings (SSSR count). The Kier molecular flexibility index (Phi) is 3.83. The molecule has 0 aromatic rings. The third-order valence-electron chi connectivity index (χ3n) is 4.97. The Balaban J connectivity index is 1.59. The number of carboxylic acid groups (broad SMARTS) is 1. The van der Waals surface area contributed by atoms with Crippen molar-refractivity contribution in [2.45, 2.75) is 31.7 Å². The molecule has 0 spiro atoms. The summed E-state index contributed by atoms with van der Waals surface area (Å²) in [6.45, 7) is 2.62. The maximum absolute atomic E-state index is 12.3. The Morgan fingerprint density at radius 1 is 1.30 bits per heavy atom. The van der Waals surface area contributed by atoms with Crippen LogP contribution < -0.4 is 5.32 Å². The number of hydrogen-bond acceptors (Lipinski definition) is 3. The zero-order valence-electron chi connectivity index (χ0n) is 11.6. The standard InChI is InChI=1S/C14H22N2O4/c17-13(18)12-11-3-1-2-10(11)7-16(12)14(19)15-6-9-4-5-20-8-9/h9-12H,1-8H2,(H,15,19)(H,17,18). The number of fused-ring (bicyclic) bond motifs is 1. The van der Waals surface area contributed by atoms with Crippen LogP contribution in [0.25, 0.3) is 0 Å². The average molecular weight is 282 g/mol. The van der Waals surface area contributed by atoms with Crippen LogP contribution in [0.2, 0.25) is 0 Å². The highest BCUT2D eigenvalue weighted by atomic mass is 16.5. The van der Waals surface area contributed by atoms with Crippen LogP contribution in [0.5, 0.6) is 0 Å². The number of hydrogen-bond donors (Lipinski definition) is 2. The van der Waals surface area contributed by atoms with Gasteiger partial charge in [-0.1, -0.05) is 6.42 Å². The number of urea groups is 1. The largest absolute Gasteiger partial charge is 0.480 e. The van der Waals surface area contributed by atoms with Gasteiger partial charge in [0, 0.05) is 25.6 Å². The summed E-state index contributed by atoms with van der Waals surface area (Å²) < 4.78 is 5.28. The Morgan fingerprint density at radius 3 is 2.85 bits per heavy atom. The first-order chi connectivity index (χ1) is 9.66. The topological polar surface area (TPSA) is 78.9 Å². The van der Waals surface area contributed by atoms with Crippen molar-refractivity contribution >= 4 is 12.0 Å². The minimum Gasteiger partial charge on any atom is -0.480 e. The number of aliphatic carboxylic acids is 1. The minimum absolute atomic E-state index is 0.146. The lowest BCUT2D eigenvalue weighted by Crippen LogP contribution is -2.48.